The number of rotatable bonds is 3. The Kier molecular flexibility index (Phi) is 4.81. The highest BCUT2D eigenvalue weighted by molar-refractivity contribution is 5.73. The molecular weight excluding hydrogens is 322 g/mol. The maximum absolute atomic E-state index is 6.09. The molecule has 3 N–H and O–H groups in total. The summed E-state index contributed by atoms with van der Waals surface area (Å²) in [5, 5.41) is 3.72. The van der Waals surface area contributed by atoms with Gasteiger partial charge in [-0.05, 0) is 64.6 Å². The van der Waals surface area contributed by atoms with Crippen LogP contribution < -0.4 is 11.1 Å². The van der Waals surface area contributed by atoms with Crippen LogP contribution >= 0.6 is 0 Å². The number of nitrogens with two attached hydrogens (primary N) is 1. The number of benzene rings is 1. The number of nitrogens with one attached hydrogen (secondary N) is 1. The Balaban J connectivity index is 1.62. The molecule has 5 nitrogen and oxygen atoms in total. The van der Waals surface area contributed by atoms with Crippen molar-refractivity contribution in [3.63, 3.8) is 0 Å². The van der Waals surface area contributed by atoms with E-state index in [0.29, 0.717) is 18.0 Å². The number of hydrogen-bond donors (Lipinski definition) is 2. The quantitative estimate of drug-likeness (QED) is 0.886. The van der Waals surface area contributed by atoms with Gasteiger partial charge in [0, 0.05) is 23.2 Å². The molecule has 1 heterocycles. The summed E-state index contributed by atoms with van der Waals surface area (Å²) in [6.07, 6.45) is 8.03. The van der Waals surface area contributed by atoms with E-state index in [-0.39, 0.29) is 0 Å². The summed E-state index contributed by atoms with van der Waals surface area (Å²) in [5.41, 5.74) is 10.9. The Hall–Kier alpha value is -2.14. The second kappa shape index (κ2) is 7.23. The summed E-state index contributed by atoms with van der Waals surface area (Å²) in [7, 11) is 4.36. The molecule has 2 aliphatic carbocycles. The summed E-state index contributed by atoms with van der Waals surface area (Å²) in [5.74, 6) is 1.32. The summed E-state index contributed by atoms with van der Waals surface area (Å²) in [4.78, 5) is 11.6. The smallest absolute Gasteiger partial charge is 0.222 e. The van der Waals surface area contributed by atoms with Crippen molar-refractivity contribution in [3.8, 4) is 11.3 Å². The molecule has 4 rings (SSSR count). The lowest BCUT2D eigenvalue weighted by Gasteiger charge is -2.33. The van der Waals surface area contributed by atoms with Crippen LogP contribution in [0.2, 0.25) is 0 Å². The normalized spacial score (nSPS) is 22.4. The van der Waals surface area contributed by atoms with Gasteiger partial charge in [-0.15, -0.1) is 0 Å². The minimum absolute atomic E-state index is 0.366. The predicted octanol–water partition coefficient (Wildman–Crippen LogP) is 3.50. The van der Waals surface area contributed by atoms with E-state index in [1.165, 1.54) is 42.4 Å². The maximum Gasteiger partial charge on any atom is 0.222 e. The molecule has 1 saturated carbocycles. The fourth-order valence-corrected chi connectivity index (χ4v) is 4.44. The van der Waals surface area contributed by atoms with Crippen LogP contribution in [0, 0.1) is 0 Å². The molecule has 1 fully saturated rings. The van der Waals surface area contributed by atoms with Gasteiger partial charge in [-0.25, -0.2) is 4.98 Å². The molecule has 0 unspecified atom stereocenters. The van der Waals surface area contributed by atoms with E-state index in [1.54, 1.807) is 0 Å². The Morgan fingerprint density at radius 3 is 2.58 bits per heavy atom. The molecular formula is C21H29N5. The largest absolute Gasteiger partial charge is 0.368 e. The lowest BCUT2D eigenvalue weighted by atomic mass is 9.90. The molecule has 2 aliphatic rings. The summed E-state index contributed by atoms with van der Waals surface area (Å²) in [6, 6.07) is 9.74. The van der Waals surface area contributed by atoms with Crippen LogP contribution in [0.5, 0.6) is 0 Å². The first-order chi connectivity index (χ1) is 12.6. The first-order valence-corrected chi connectivity index (χ1v) is 9.79. The lowest BCUT2D eigenvalue weighted by molar-refractivity contribution is 0.221. The van der Waals surface area contributed by atoms with E-state index in [4.69, 9.17) is 5.73 Å². The maximum atomic E-state index is 6.09. The zero-order valence-corrected chi connectivity index (χ0v) is 15.8. The molecule has 0 spiro atoms. The monoisotopic (exact) mass is 351 g/mol. The van der Waals surface area contributed by atoms with E-state index < -0.39 is 0 Å². The highest BCUT2D eigenvalue weighted by Gasteiger charge is 2.25. The second-order valence-electron chi connectivity index (χ2n) is 7.88. The van der Waals surface area contributed by atoms with Crippen LogP contribution in [0.4, 0.5) is 11.8 Å². The summed E-state index contributed by atoms with van der Waals surface area (Å²) >= 11 is 0. The Labute approximate surface area is 156 Å². The highest BCUT2D eigenvalue weighted by Crippen LogP contribution is 2.35. The Morgan fingerprint density at radius 1 is 1.04 bits per heavy atom. The van der Waals surface area contributed by atoms with Gasteiger partial charge in [-0.2, -0.15) is 4.98 Å². The van der Waals surface area contributed by atoms with Crippen molar-refractivity contribution in [1.82, 2.24) is 14.9 Å². The zero-order chi connectivity index (χ0) is 18.1. The first-order valence-electron chi connectivity index (χ1n) is 9.79. The number of nitrogens with zero attached hydrogens (tertiary/aromatic N) is 3. The van der Waals surface area contributed by atoms with Crippen molar-refractivity contribution in [2.45, 2.75) is 57.0 Å². The van der Waals surface area contributed by atoms with E-state index in [2.05, 4.69) is 58.5 Å². The Bertz CT molecular complexity index is 778. The van der Waals surface area contributed by atoms with Crippen molar-refractivity contribution >= 4 is 11.8 Å². The SMILES string of the molecule is CN(C)C1CCC(Nc2nc(N)nc3c2CCCc2ccccc2-3)CC1. The van der Waals surface area contributed by atoms with Gasteiger partial charge in [0.15, 0.2) is 0 Å². The summed E-state index contributed by atoms with van der Waals surface area (Å²) in [6.45, 7) is 0. The van der Waals surface area contributed by atoms with Crippen molar-refractivity contribution in [3.05, 3.63) is 35.4 Å². The minimum Gasteiger partial charge on any atom is -0.368 e. The lowest BCUT2D eigenvalue weighted by Crippen LogP contribution is -2.36. The van der Waals surface area contributed by atoms with Crippen molar-refractivity contribution in [2.75, 3.05) is 25.1 Å². The molecule has 26 heavy (non-hydrogen) atoms. The summed E-state index contributed by atoms with van der Waals surface area (Å²) < 4.78 is 0. The van der Waals surface area contributed by atoms with Crippen LogP contribution in [0.1, 0.15) is 43.2 Å². The van der Waals surface area contributed by atoms with Gasteiger partial charge in [0.2, 0.25) is 5.95 Å². The van der Waals surface area contributed by atoms with Crippen molar-refractivity contribution in [1.29, 1.82) is 0 Å². The van der Waals surface area contributed by atoms with Crippen LogP contribution in [-0.2, 0) is 12.8 Å². The molecule has 1 aromatic carbocycles. The van der Waals surface area contributed by atoms with E-state index >= 15 is 0 Å². The van der Waals surface area contributed by atoms with Gasteiger partial charge in [0.05, 0.1) is 5.69 Å². The number of fused-ring (bicyclic) bond motifs is 3. The van der Waals surface area contributed by atoms with Crippen molar-refractivity contribution < 1.29 is 0 Å². The highest BCUT2D eigenvalue weighted by atomic mass is 15.1. The van der Waals surface area contributed by atoms with Gasteiger partial charge >= 0.3 is 0 Å². The molecule has 0 saturated heterocycles. The van der Waals surface area contributed by atoms with Crippen LogP contribution in [-0.4, -0.2) is 41.0 Å². The Morgan fingerprint density at radius 2 is 1.81 bits per heavy atom. The standard InChI is InChI=1S/C21H29N5/c1-26(2)16-12-10-15(11-13-16)23-20-18-9-5-7-14-6-3-4-8-17(14)19(18)24-21(22)25-20/h3-4,6,8,15-16H,5,7,9-13H2,1-2H3,(H3,22,23,24,25). The van der Waals surface area contributed by atoms with Crippen LogP contribution in [0.15, 0.2) is 24.3 Å². The molecule has 0 bridgehead atoms. The molecule has 5 heteroatoms. The van der Waals surface area contributed by atoms with Gasteiger partial charge in [0.1, 0.15) is 5.82 Å². The minimum atomic E-state index is 0.366. The third-order valence-corrected chi connectivity index (χ3v) is 5.94. The zero-order valence-electron chi connectivity index (χ0n) is 15.8. The average Bonchev–Trinajstić information content (AvgIpc) is 2.82. The van der Waals surface area contributed by atoms with Gasteiger partial charge < -0.3 is 16.0 Å². The number of hydrogen-bond acceptors (Lipinski definition) is 5. The van der Waals surface area contributed by atoms with Gasteiger partial charge in [0.25, 0.3) is 0 Å². The third-order valence-electron chi connectivity index (χ3n) is 5.94. The second-order valence-corrected chi connectivity index (χ2v) is 7.88. The number of aryl methyl sites for hydroxylation is 1. The molecule has 2 aromatic rings. The topological polar surface area (TPSA) is 67.1 Å². The molecule has 0 atom stereocenters. The van der Waals surface area contributed by atoms with Gasteiger partial charge in [-0.3, -0.25) is 0 Å². The van der Waals surface area contributed by atoms with Crippen LogP contribution in [0.3, 0.4) is 0 Å². The third kappa shape index (κ3) is 3.40. The number of aromatic nitrogens is 2. The van der Waals surface area contributed by atoms with E-state index in [1.807, 2.05) is 0 Å². The van der Waals surface area contributed by atoms with E-state index in [9.17, 15) is 0 Å². The van der Waals surface area contributed by atoms with Crippen LogP contribution in [0.25, 0.3) is 11.3 Å². The average molecular weight is 351 g/mol. The molecule has 0 radical (unpaired) electrons. The molecule has 1 aromatic heterocycles. The number of anilines is 2. The predicted molar refractivity (Wildman–Crippen MR) is 107 cm³/mol. The van der Waals surface area contributed by atoms with E-state index in [0.717, 1.165) is 30.8 Å². The first kappa shape index (κ1) is 17.3. The molecule has 0 amide bonds. The molecule has 0 aliphatic heterocycles. The number of nitrogen functional groups attached to an aromatic ring is 1. The fourth-order valence-electron chi connectivity index (χ4n) is 4.44. The van der Waals surface area contributed by atoms with Crippen molar-refractivity contribution in [2.24, 2.45) is 0 Å². The molecule has 138 valence electrons. The van der Waals surface area contributed by atoms with Gasteiger partial charge in [-0.1, -0.05) is 24.3 Å². The fraction of sp³-hybridized carbons (Fsp3) is 0.524.